The van der Waals surface area contributed by atoms with E-state index in [-0.39, 0.29) is 23.8 Å². The average Bonchev–Trinajstić information content (AvgIpc) is 2.30. The lowest BCUT2D eigenvalue weighted by molar-refractivity contribution is -0.130. The predicted octanol–water partition coefficient (Wildman–Crippen LogP) is 0.0984. The lowest BCUT2D eigenvalue weighted by atomic mass is 10.0. The van der Waals surface area contributed by atoms with Crippen LogP contribution in [0.4, 0.5) is 0 Å². The van der Waals surface area contributed by atoms with Crippen LogP contribution in [0, 0.1) is 5.92 Å². The van der Waals surface area contributed by atoms with E-state index in [4.69, 9.17) is 5.73 Å². The van der Waals surface area contributed by atoms with Crippen LogP contribution in [0.15, 0.2) is 0 Å². The molecule has 0 spiro atoms. The van der Waals surface area contributed by atoms with E-state index >= 15 is 0 Å². The van der Waals surface area contributed by atoms with Crippen LogP contribution in [-0.4, -0.2) is 42.4 Å². The van der Waals surface area contributed by atoms with Gasteiger partial charge in [-0.05, 0) is 25.8 Å². The predicted molar refractivity (Wildman–Crippen MR) is 66.3 cm³/mol. The van der Waals surface area contributed by atoms with Gasteiger partial charge < -0.3 is 16.0 Å². The zero-order chi connectivity index (χ0) is 12.8. The Hall–Kier alpha value is -1.10. The third-order valence-electron chi connectivity index (χ3n) is 3.33. The van der Waals surface area contributed by atoms with Crippen LogP contribution in [0.5, 0.6) is 0 Å². The first-order valence-corrected chi connectivity index (χ1v) is 6.30. The zero-order valence-electron chi connectivity index (χ0n) is 10.7. The molecule has 1 fully saturated rings. The fourth-order valence-electron chi connectivity index (χ4n) is 2.06. The maximum absolute atomic E-state index is 11.8. The van der Waals surface area contributed by atoms with E-state index in [0.29, 0.717) is 6.54 Å². The molecule has 0 bridgehead atoms. The molecule has 0 saturated carbocycles. The summed E-state index contributed by atoms with van der Waals surface area (Å²) in [5, 5.41) is 3.03. The molecule has 3 N–H and O–H groups in total. The largest absolute Gasteiger partial charge is 0.353 e. The highest BCUT2D eigenvalue weighted by molar-refractivity contribution is 5.78. The topological polar surface area (TPSA) is 75.4 Å². The van der Waals surface area contributed by atoms with E-state index in [1.165, 1.54) is 0 Å². The van der Waals surface area contributed by atoms with E-state index in [9.17, 15) is 9.59 Å². The van der Waals surface area contributed by atoms with Crippen LogP contribution in [0.25, 0.3) is 0 Å². The molecule has 5 nitrogen and oxygen atoms in total. The fraction of sp³-hybridized carbons (Fsp3) is 0.833. The van der Waals surface area contributed by atoms with Crippen LogP contribution in [0.1, 0.15) is 33.1 Å². The van der Waals surface area contributed by atoms with Gasteiger partial charge in [0.15, 0.2) is 0 Å². The lowest BCUT2D eigenvalue weighted by Gasteiger charge is -2.32. The highest BCUT2D eigenvalue weighted by Gasteiger charge is 2.23. The van der Waals surface area contributed by atoms with Crippen LogP contribution < -0.4 is 11.1 Å². The van der Waals surface area contributed by atoms with Gasteiger partial charge in [0.2, 0.25) is 11.8 Å². The minimum atomic E-state index is -0.0224. The van der Waals surface area contributed by atoms with Gasteiger partial charge in [-0.25, -0.2) is 0 Å². The number of nitrogens with one attached hydrogen (secondary N) is 1. The number of piperidine rings is 1. The summed E-state index contributed by atoms with van der Waals surface area (Å²) in [6.45, 7) is 5.50. The number of nitrogens with two attached hydrogens (primary N) is 1. The zero-order valence-corrected chi connectivity index (χ0v) is 10.7. The second-order valence-electron chi connectivity index (χ2n) is 4.77. The molecule has 0 aliphatic carbocycles. The van der Waals surface area contributed by atoms with Crippen molar-refractivity contribution in [3.8, 4) is 0 Å². The SMILES string of the molecule is CC(=O)N1CCC(NC(=O)C(C)CCN)CC1. The van der Waals surface area contributed by atoms with Crippen LogP contribution >= 0.6 is 0 Å². The Morgan fingerprint density at radius 1 is 1.41 bits per heavy atom. The summed E-state index contributed by atoms with van der Waals surface area (Å²) in [4.78, 5) is 24.7. The van der Waals surface area contributed by atoms with Crippen LogP contribution in [-0.2, 0) is 9.59 Å². The van der Waals surface area contributed by atoms with Gasteiger partial charge in [-0.2, -0.15) is 0 Å². The van der Waals surface area contributed by atoms with Crippen molar-refractivity contribution in [1.29, 1.82) is 0 Å². The second-order valence-corrected chi connectivity index (χ2v) is 4.77. The van der Waals surface area contributed by atoms with E-state index in [0.717, 1.165) is 32.4 Å². The van der Waals surface area contributed by atoms with Gasteiger partial charge in [-0.15, -0.1) is 0 Å². The maximum Gasteiger partial charge on any atom is 0.223 e. The summed E-state index contributed by atoms with van der Waals surface area (Å²) in [6, 6.07) is 0.207. The number of amides is 2. The molecule has 98 valence electrons. The average molecular weight is 241 g/mol. The maximum atomic E-state index is 11.8. The minimum Gasteiger partial charge on any atom is -0.353 e. The first-order valence-electron chi connectivity index (χ1n) is 6.30. The molecule has 0 aromatic heterocycles. The summed E-state index contributed by atoms with van der Waals surface area (Å²) < 4.78 is 0. The summed E-state index contributed by atoms with van der Waals surface area (Å²) in [7, 11) is 0. The monoisotopic (exact) mass is 241 g/mol. The first kappa shape index (κ1) is 14.0. The van der Waals surface area contributed by atoms with Gasteiger partial charge in [0, 0.05) is 32.0 Å². The molecular formula is C12H23N3O2. The Balaban J connectivity index is 2.30. The first-order chi connectivity index (χ1) is 8.04. The molecular weight excluding hydrogens is 218 g/mol. The molecule has 1 saturated heterocycles. The fourth-order valence-corrected chi connectivity index (χ4v) is 2.06. The molecule has 0 radical (unpaired) electrons. The highest BCUT2D eigenvalue weighted by Crippen LogP contribution is 2.11. The van der Waals surface area contributed by atoms with Crippen molar-refractivity contribution < 1.29 is 9.59 Å². The molecule has 1 heterocycles. The van der Waals surface area contributed by atoms with Crippen molar-refractivity contribution in [2.75, 3.05) is 19.6 Å². The smallest absolute Gasteiger partial charge is 0.223 e. The molecule has 1 rings (SSSR count). The van der Waals surface area contributed by atoms with E-state index < -0.39 is 0 Å². The number of carbonyl (C=O) groups is 2. The van der Waals surface area contributed by atoms with Gasteiger partial charge in [-0.1, -0.05) is 6.92 Å². The molecule has 1 aliphatic rings. The van der Waals surface area contributed by atoms with Crippen LogP contribution in [0.2, 0.25) is 0 Å². The standard InChI is InChI=1S/C12H23N3O2/c1-9(3-6-13)12(17)14-11-4-7-15(8-5-11)10(2)16/h9,11H,3-8,13H2,1-2H3,(H,14,17). The summed E-state index contributed by atoms with van der Waals surface area (Å²) in [6.07, 6.45) is 2.42. The molecule has 1 unspecified atom stereocenters. The van der Waals surface area contributed by atoms with Crippen molar-refractivity contribution in [1.82, 2.24) is 10.2 Å². The Morgan fingerprint density at radius 2 is 2.00 bits per heavy atom. The number of hydrogen-bond donors (Lipinski definition) is 2. The third kappa shape index (κ3) is 4.34. The molecule has 17 heavy (non-hydrogen) atoms. The van der Waals surface area contributed by atoms with Gasteiger partial charge >= 0.3 is 0 Å². The van der Waals surface area contributed by atoms with E-state index in [1.807, 2.05) is 11.8 Å². The summed E-state index contributed by atoms with van der Waals surface area (Å²) in [5.41, 5.74) is 5.43. The normalized spacial score (nSPS) is 18.9. The third-order valence-corrected chi connectivity index (χ3v) is 3.33. The minimum absolute atomic E-state index is 0.0224. The molecule has 2 amide bonds. The molecule has 0 aromatic carbocycles. The highest BCUT2D eigenvalue weighted by atomic mass is 16.2. The van der Waals surface area contributed by atoms with Crippen molar-refractivity contribution in [3.63, 3.8) is 0 Å². The number of likely N-dealkylation sites (tertiary alicyclic amines) is 1. The Bertz CT molecular complexity index is 273. The van der Waals surface area contributed by atoms with E-state index in [1.54, 1.807) is 6.92 Å². The van der Waals surface area contributed by atoms with Gasteiger partial charge in [-0.3, -0.25) is 9.59 Å². The summed E-state index contributed by atoms with van der Waals surface area (Å²) >= 11 is 0. The summed E-state index contributed by atoms with van der Waals surface area (Å²) in [5.74, 6) is 0.175. The number of nitrogens with zero attached hydrogens (tertiary/aromatic N) is 1. The lowest BCUT2D eigenvalue weighted by Crippen LogP contribution is -2.47. The molecule has 5 heteroatoms. The van der Waals surface area contributed by atoms with Gasteiger partial charge in [0.25, 0.3) is 0 Å². The van der Waals surface area contributed by atoms with Crippen molar-refractivity contribution in [2.45, 2.75) is 39.2 Å². The van der Waals surface area contributed by atoms with Crippen molar-refractivity contribution >= 4 is 11.8 Å². The molecule has 0 aromatic rings. The Morgan fingerprint density at radius 3 is 2.47 bits per heavy atom. The van der Waals surface area contributed by atoms with Gasteiger partial charge in [0.1, 0.15) is 0 Å². The van der Waals surface area contributed by atoms with Crippen molar-refractivity contribution in [2.24, 2.45) is 11.7 Å². The number of hydrogen-bond acceptors (Lipinski definition) is 3. The van der Waals surface area contributed by atoms with Gasteiger partial charge in [0.05, 0.1) is 0 Å². The molecule has 1 aliphatic heterocycles. The Labute approximate surface area is 103 Å². The quantitative estimate of drug-likeness (QED) is 0.733. The number of rotatable bonds is 4. The Kier molecular flexibility index (Phi) is 5.41. The number of carbonyl (C=O) groups excluding carboxylic acids is 2. The second kappa shape index (κ2) is 6.59. The van der Waals surface area contributed by atoms with Crippen molar-refractivity contribution in [3.05, 3.63) is 0 Å². The molecule has 1 atom stereocenters. The van der Waals surface area contributed by atoms with Crippen LogP contribution in [0.3, 0.4) is 0 Å². The van der Waals surface area contributed by atoms with E-state index in [2.05, 4.69) is 5.32 Å².